The Morgan fingerprint density at radius 2 is 1.93 bits per heavy atom. The van der Waals surface area contributed by atoms with E-state index in [0.29, 0.717) is 0 Å². The van der Waals surface area contributed by atoms with Gasteiger partial charge in [-0.3, -0.25) is 4.57 Å². The zero-order chi connectivity index (χ0) is 20.1. The van der Waals surface area contributed by atoms with Crippen LogP contribution in [0.25, 0.3) is 27.8 Å². The lowest BCUT2D eigenvalue weighted by atomic mass is 9.99. The van der Waals surface area contributed by atoms with Crippen LogP contribution in [0.3, 0.4) is 0 Å². The van der Waals surface area contributed by atoms with Gasteiger partial charge in [0.1, 0.15) is 6.33 Å². The van der Waals surface area contributed by atoms with E-state index in [1.807, 2.05) is 22.2 Å². The Kier molecular flexibility index (Phi) is 4.28. The second-order valence-corrected chi connectivity index (χ2v) is 8.09. The van der Waals surface area contributed by atoms with Crippen molar-refractivity contribution < 1.29 is 0 Å². The number of piperidine rings is 1. The number of H-pyrrole nitrogens is 1. The fraction of sp³-hybridized carbons (Fsp3) is 0.409. The van der Waals surface area contributed by atoms with E-state index < -0.39 is 0 Å². The van der Waals surface area contributed by atoms with E-state index in [0.717, 1.165) is 71.4 Å². The third-order valence-electron chi connectivity index (χ3n) is 6.30. The lowest BCUT2D eigenvalue weighted by Gasteiger charge is -2.31. The first-order valence-electron chi connectivity index (χ1n) is 10.3. The van der Waals surface area contributed by atoms with E-state index >= 15 is 0 Å². The van der Waals surface area contributed by atoms with E-state index in [2.05, 4.69) is 52.0 Å². The maximum Gasteiger partial charge on any atom is 0.326 e. The summed E-state index contributed by atoms with van der Waals surface area (Å²) >= 11 is 0. The number of nitrogens with one attached hydrogen (secondary N) is 1. The summed E-state index contributed by atoms with van der Waals surface area (Å²) in [5.41, 5.74) is 7.16. The molecule has 1 fully saturated rings. The minimum absolute atomic E-state index is 0.00518. The van der Waals surface area contributed by atoms with Crippen molar-refractivity contribution in [3.8, 4) is 11.1 Å². The summed E-state index contributed by atoms with van der Waals surface area (Å²) in [5, 5.41) is 4.29. The molecule has 1 saturated heterocycles. The number of nitrogens with zero attached hydrogens (tertiary/aromatic N) is 5. The molecule has 1 aromatic carbocycles. The van der Waals surface area contributed by atoms with Crippen LogP contribution in [0.5, 0.6) is 0 Å². The quantitative estimate of drug-likeness (QED) is 0.583. The number of pyridine rings is 1. The average Bonchev–Trinajstić information content (AvgIpc) is 3.31. The van der Waals surface area contributed by atoms with Crippen LogP contribution >= 0.6 is 0 Å². The van der Waals surface area contributed by atoms with Crippen molar-refractivity contribution in [2.45, 2.75) is 39.7 Å². The van der Waals surface area contributed by atoms with Gasteiger partial charge in [0.25, 0.3) is 0 Å². The number of hydrogen-bond donors (Lipinski definition) is 1. The van der Waals surface area contributed by atoms with Crippen LogP contribution in [0, 0.1) is 13.8 Å². The number of imidazole rings is 1. The summed E-state index contributed by atoms with van der Waals surface area (Å²) < 4.78 is 3.79. The number of benzene rings is 1. The second-order valence-electron chi connectivity index (χ2n) is 8.09. The lowest BCUT2D eigenvalue weighted by molar-refractivity contribution is 0.195. The molecular formula is C22H26N6O. The molecule has 0 atom stereocenters. The molecule has 29 heavy (non-hydrogen) atoms. The van der Waals surface area contributed by atoms with Crippen LogP contribution in [-0.4, -0.2) is 48.7 Å². The smallest absolute Gasteiger partial charge is 0.306 e. The summed E-state index contributed by atoms with van der Waals surface area (Å²) in [5.74, 6) is 0. The van der Waals surface area contributed by atoms with Crippen molar-refractivity contribution in [1.29, 1.82) is 0 Å². The maximum absolute atomic E-state index is 12.8. The molecule has 0 unspecified atom stereocenters. The Labute approximate surface area is 169 Å². The molecule has 0 bridgehead atoms. The van der Waals surface area contributed by atoms with Crippen molar-refractivity contribution in [1.82, 2.24) is 29.0 Å². The molecule has 0 saturated carbocycles. The normalized spacial score (nSPS) is 16.2. The number of aryl methyl sites for hydroxylation is 2. The van der Waals surface area contributed by atoms with E-state index in [4.69, 9.17) is 0 Å². The zero-order valence-electron chi connectivity index (χ0n) is 17.1. The summed E-state index contributed by atoms with van der Waals surface area (Å²) in [6.45, 7) is 9.53. The SMILES string of the molecule is CCN1CCC(n2c(=O)[nH]c3cc(-c4cc(C)c5ncnn5c4)c(C)cc32)CC1. The van der Waals surface area contributed by atoms with Crippen molar-refractivity contribution in [3.05, 3.63) is 52.3 Å². The van der Waals surface area contributed by atoms with Gasteiger partial charge >= 0.3 is 5.69 Å². The largest absolute Gasteiger partial charge is 0.326 e. The highest BCUT2D eigenvalue weighted by molar-refractivity contribution is 5.84. The Morgan fingerprint density at radius 3 is 2.69 bits per heavy atom. The van der Waals surface area contributed by atoms with Gasteiger partial charge in [0, 0.05) is 30.9 Å². The standard InChI is InChI=1S/C22H26N6O/c1-4-26-7-5-17(6-8-26)28-20-10-14(2)18(11-19(20)25-22(28)29)16-9-15(3)21-23-13-24-27(21)12-16/h9-13,17H,4-8H2,1-3H3,(H,25,29). The van der Waals surface area contributed by atoms with Crippen LogP contribution < -0.4 is 5.69 Å². The number of rotatable bonds is 3. The first-order valence-corrected chi connectivity index (χ1v) is 10.3. The van der Waals surface area contributed by atoms with E-state index in [-0.39, 0.29) is 11.7 Å². The van der Waals surface area contributed by atoms with E-state index in [1.54, 1.807) is 6.33 Å². The Balaban J connectivity index is 1.59. The first kappa shape index (κ1) is 18.1. The van der Waals surface area contributed by atoms with Crippen LogP contribution in [0.15, 0.2) is 35.5 Å². The van der Waals surface area contributed by atoms with Crippen molar-refractivity contribution in [3.63, 3.8) is 0 Å². The van der Waals surface area contributed by atoms with Gasteiger partial charge in [0.2, 0.25) is 0 Å². The Morgan fingerprint density at radius 1 is 1.14 bits per heavy atom. The number of aromatic nitrogens is 5. The van der Waals surface area contributed by atoms with Crippen molar-refractivity contribution >= 4 is 16.7 Å². The molecule has 7 heteroatoms. The van der Waals surface area contributed by atoms with Gasteiger partial charge in [0.15, 0.2) is 5.65 Å². The van der Waals surface area contributed by atoms with Gasteiger partial charge < -0.3 is 9.88 Å². The lowest BCUT2D eigenvalue weighted by Crippen LogP contribution is -2.36. The fourth-order valence-electron chi connectivity index (χ4n) is 4.69. The number of fused-ring (bicyclic) bond motifs is 2. The number of aromatic amines is 1. The monoisotopic (exact) mass is 390 g/mol. The third-order valence-corrected chi connectivity index (χ3v) is 6.30. The molecule has 4 heterocycles. The van der Waals surface area contributed by atoms with E-state index in [1.165, 1.54) is 0 Å². The van der Waals surface area contributed by atoms with Crippen LogP contribution in [0.2, 0.25) is 0 Å². The molecule has 0 spiro atoms. The number of hydrogen-bond acceptors (Lipinski definition) is 4. The summed E-state index contributed by atoms with van der Waals surface area (Å²) in [6.07, 6.45) is 5.61. The van der Waals surface area contributed by atoms with Gasteiger partial charge in [-0.25, -0.2) is 14.3 Å². The maximum atomic E-state index is 12.8. The van der Waals surface area contributed by atoms with Crippen LogP contribution in [0.4, 0.5) is 0 Å². The van der Waals surface area contributed by atoms with Crippen molar-refractivity contribution in [2.75, 3.05) is 19.6 Å². The summed E-state index contributed by atoms with van der Waals surface area (Å²) in [4.78, 5) is 22.7. The minimum atomic E-state index is -0.00518. The molecule has 7 nitrogen and oxygen atoms in total. The first-order chi connectivity index (χ1) is 14.0. The average molecular weight is 390 g/mol. The Hall–Kier alpha value is -2.93. The highest BCUT2D eigenvalue weighted by atomic mass is 16.1. The second kappa shape index (κ2) is 6.84. The molecule has 0 amide bonds. The molecule has 150 valence electrons. The molecule has 1 aliphatic heterocycles. The summed E-state index contributed by atoms with van der Waals surface area (Å²) in [7, 11) is 0. The van der Waals surface area contributed by atoms with Gasteiger partial charge in [0.05, 0.1) is 11.0 Å². The summed E-state index contributed by atoms with van der Waals surface area (Å²) in [6, 6.07) is 6.64. The Bertz CT molecular complexity index is 1260. The highest BCUT2D eigenvalue weighted by Gasteiger charge is 2.23. The van der Waals surface area contributed by atoms with E-state index in [9.17, 15) is 4.79 Å². The van der Waals surface area contributed by atoms with Gasteiger partial charge in [-0.2, -0.15) is 5.10 Å². The minimum Gasteiger partial charge on any atom is -0.306 e. The third kappa shape index (κ3) is 2.97. The van der Waals surface area contributed by atoms with Crippen LogP contribution in [0.1, 0.15) is 36.9 Å². The molecule has 3 aromatic heterocycles. The fourth-order valence-corrected chi connectivity index (χ4v) is 4.69. The molecule has 5 rings (SSSR count). The highest BCUT2D eigenvalue weighted by Crippen LogP contribution is 2.31. The van der Waals surface area contributed by atoms with Crippen molar-refractivity contribution in [2.24, 2.45) is 0 Å². The van der Waals surface area contributed by atoms with Gasteiger partial charge in [-0.05, 0) is 68.1 Å². The predicted molar refractivity (Wildman–Crippen MR) is 114 cm³/mol. The van der Waals surface area contributed by atoms with Gasteiger partial charge in [-0.15, -0.1) is 0 Å². The molecule has 1 N–H and O–H groups in total. The number of likely N-dealkylation sites (tertiary alicyclic amines) is 1. The molecule has 0 radical (unpaired) electrons. The van der Waals surface area contributed by atoms with Crippen LogP contribution in [-0.2, 0) is 0 Å². The molecule has 0 aliphatic carbocycles. The molecule has 4 aromatic rings. The topological polar surface area (TPSA) is 71.2 Å². The molecule has 1 aliphatic rings. The zero-order valence-corrected chi connectivity index (χ0v) is 17.1. The van der Waals surface area contributed by atoms with Gasteiger partial charge in [-0.1, -0.05) is 6.92 Å². The predicted octanol–water partition coefficient (Wildman–Crippen LogP) is 3.31. The molecular weight excluding hydrogens is 364 g/mol.